The number of aromatic hydroxyl groups is 1. The molecule has 0 aliphatic heterocycles. The van der Waals surface area contributed by atoms with Crippen molar-refractivity contribution in [2.24, 2.45) is 0 Å². The number of rotatable bonds is 6. The van der Waals surface area contributed by atoms with Gasteiger partial charge in [-0.25, -0.2) is 4.79 Å². The topological polar surface area (TPSA) is 86.6 Å². The third kappa shape index (κ3) is 5.13. The summed E-state index contributed by atoms with van der Waals surface area (Å²) in [6.07, 6.45) is 5.57. The van der Waals surface area contributed by atoms with Crippen molar-refractivity contribution in [2.75, 3.05) is 0 Å². The zero-order valence-corrected chi connectivity index (χ0v) is 10.3. The van der Waals surface area contributed by atoms with Gasteiger partial charge in [0.1, 0.15) is 11.8 Å². The minimum Gasteiger partial charge on any atom is -0.508 e. The van der Waals surface area contributed by atoms with E-state index in [-0.39, 0.29) is 30.9 Å². The Balaban J connectivity index is 2.63. The molecule has 0 aliphatic rings. The Kier molecular flexibility index (Phi) is 5.42. The van der Waals surface area contributed by atoms with Crippen molar-refractivity contribution in [2.45, 2.75) is 25.3 Å². The molecule has 0 radical (unpaired) electrons. The fourth-order valence-corrected chi connectivity index (χ4v) is 1.52. The number of carbonyl (C=O) groups excluding carboxylic acids is 1. The number of hydrogen-bond acceptors (Lipinski definition) is 3. The first-order valence-corrected chi connectivity index (χ1v) is 5.76. The molecule has 1 aromatic rings. The molecule has 0 unspecified atom stereocenters. The second-order valence-electron chi connectivity index (χ2n) is 4.03. The molecule has 5 nitrogen and oxygen atoms in total. The average molecular weight is 261 g/mol. The van der Waals surface area contributed by atoms with Gasteiger partial charge in [0.05, 0.1) is 0 Å². The molecule has 1 amide bonds. The third-order valence-electron chi connectivity index (χ3n) is 2.51. The lowest BCUT2D eigenvalue weighted by atomic mass is 10.1. The minimum absolute atomic E-state index is 0.105. The van der Waals surface area contributed by atoms with Gasteiger partial charge in [-0.2, -0.15) is 0 Å². The number of amides is 1. The lowest BCUT2D eigenvalue weighted by Gasteiger charge is -2.14. The molecular weight excluding hydrogens is 246 g/mol. The Hall–Kier alpha value is -2.48. The van der Waals surface area contributed by atoms with Crippen LogP contribution in [0.25, 0.3) is 0 Å². The van der Waals surface area contributed by atoms with Gasteiger partial charge in [0, 0.05) is 19.3 Å². The first kappa shape index (κ1) is 14.6. The normalized spacial score (nSPS) is 11.3. The van der Waals surface area contributed by atoms with E-state index in [1.807, 2.05) is 0 Å². The zero-order chi connectivity index (χ0) is 14.3. The Bertz CT molecular complexity index is 487. The predicted octanol–water partition coefficient (Wildman–Crippen LogP) is 0.917. The van der Waals surface area contributed by atoms with E-state index in [2.05, 4.69) is 11.2 Å². The lowest BCUT2D eigenvalue weighted by molar-refractivity contribution is -0.141. The van der Waals surface area contributed by atoms with Crippen molar-refractivity contribution in [3.05, 3.63) is 29.8 Å². The lowest BCUT2D eigenvalue weighted by Crippen LogP contribution is -2.42. The molecule has 0 spiro atoms. The molecule has 0 heterocycles. The van der Waals surface area contributed by atoms with Crippen LogP contribution in [0.1, 0.15) is 18.4 Å². The maximum absolute atomic E-state index is 11.5. The zero-order valence-electron chi connectivity index (χ0n) is 10.3. The first-order valence-electron chi connectivity index (χ1n) is 5.76. The van der Waals surface area contributed by atoms with E-state index >= 15 is 0 Å². The van der Waals surface area contributed by atoms with Crippen molar-refractivity contribution in [1.29, 1.82) is 0 Å². The van der Waals surface area contributed by atoms with Crippen LogP contribution >= 0.6 is 0 Å². The van der Waals surface area contributed by atoms with Crippen LogP contribution in [0.15, 0.2) is 24.3 Å². The second-order valence-corrected chi connectivity index (χ2v) is 4.03. The summed E-state index contributed by atoms with van der Waals surface area (Å²) < 4.78 is 0. The van der Waals surface area contributed by atoms with Crippen LogP contribution in [-0.4, -0.2) is 28.1 Å². The Morgan fingerprint density at radius 3 is 2.47 bits per heavy atom. The largest absolute Gasteiger partial charge is 0.508 e. The molecule has 0 aromatic heterocycles. The van der Waals surface area contributed by atoms with Crippen molar-refractivity contribution in [3.8, 4) is 18.1 Å². The quantitative estimate of drug-likeness (QED) is 0.664. The van der Waals surface area contributed by atoms with Gasteiger partial charge in [0.25, 0.3) is 0 Å². The number of benzene rings is 1. The van der Waals surface area contributed by atoms with E-state index in [0.717, 1.165) is 0 Å². The van der Waals surface area contributed by atoms with Crippen LogP contribution in [0.5, 0.6) is 5.75 Å². The fourth-order valence-electron chi connectivity index (χ4n) is 1.52. The maximum atomic E-state index is 11.5. The summed E-state index contributed by atoms with van der Waals surface area (Å²) in [6, 6.07) is 5.15. The number of carboxylic acid groups (broad SMARTS) is 1. The van der Waals surface area contributed by atoms with E-state index in [1.165, 1.54) is 12.1 Å². The SMILES string of the molecule is C#CCCC(=O)N[C@@H](Cc1ccc(O)cc1)C(=O)O. The monoisotopic (exact) mass is 261 g/mol. The highest BCUT2D eigenvalue weighted by atomic mass is 16.4. The van der Waals surface area contributed by atoms with E-state index < -0.39 is 12.0 Å². The number of carboxylic acids is 1. The van der Waals surface area contributed by atoms with Gasteiger partial charge in [0.2, 0.25) is 5.91 Å². The highest BCUT2D eigenvalue weighted by Crippen LogP contribution is 2.11. The Morgan fingerprint density at radius 1 is 1.32 bits per heavy atom. The second kappa shape index (κ2) is 7.07. The highest BCUT2D eigenvalue weighted by Gasteiger charge is 2.19. The summed E-state index contributed by atoms with van der Waals surface area (Å²) in [5, 5.41) is 20.6. The molecule has 0 fully saturated rings. The number of phenols is 1. The van der Waals surface area contributed by atoms with E-state index in [4.69, 9.17) is 16.6 Å². The molecule has 1 atom stereocenters. The first-order chi connectivity index (χ1) is 9.02. The fraction of sp³-hybridized carbons (Fsp3) is 0.286. The molecule has 0 saturated heterocycles. The van der Waals surface area contributed by atoms with E-state index in [1.54, 1.807) is 12.1 Å². The van der Waals surface area contributed by atoms with Crippen LogP contribution in [0, 0.1) is 12.3 Å². The van der Waals surface area contributed by atoms with Gasteiger partial charge >= 0.3 is 5.97 Å². The maximum Gasteiger partial charge on any atom is 0.326 e. The molecular formula is C14H15NO4. The number of hydrogen-bond donors (Lipinski definition) is 3. The number of aliphatic carboxylic acids is 1. The average Bonchev–Trinajstić information content (AvgIpc) is 2.38. The molecule has 1 rings (SSSR count). The van der Waals surface area contributed by atoms with Gasteiger partial charge in [0.15, 0.2) is 0 Å². The summed E-state index contributed by atoms with van der Waals surface area (Å²) in [4.78, 5) is 22.5. The molecule has 5 heteroatoms. The van der Waals surface area contributed by atoms with Gasteiger partial charge in [-0.1, -0.05) is 12.1 Å². The number of terminal acetylenes is 1. The van der Waals surface area contributed by atoms with Crippen LogP contribution < -0.4 is 5.32 Å². The third-order valence-corrected chi connectivity index (χ3v) is 2.51. The molecule has 0 saturated carbocycles. The molecule has 1 aromatic carbocycles. The van der Waals surface area contributed by atoms with Gasteiger partial charge in [-0.3, -0.25) is 4.79 Å². The molecule has 100 valence electrons. The van der Waals surface area contributed by atoms with Crippen molar-refractivity contribution in [3.63, 3.8) is 0 Å². The summed E-state index contributed by atoms with van der Waals surface area (Å²) in [6.45, 7) is 0. The molecule has 19 heavy (non-hydrogen) atoms. The Morgan fingerprint density at radius 2 is 1.95 bits per heavy atom. The number of phenolic OH excluding ortho intramolecular Hbond substituents is 1. The summed E-state index contributed by atoms with van der Waals surface area (Å²) in [7, 11) is 0. The van der Waals surface area contributed by atoms with Crippen LogP contribution in [0.4, 0.5) is 0 Å². The smallest absolute Gasteiger partial charge is 0.326 e. The highest BCUT2D eigenvalue weighted by molar-refractivity contribution is 5.83. The van der Waals surface area contributed by atoms with Crippen molar-refractivity contribution in [1.82, 2.24) is 5.32 Å². The molecule has 3 N–H and O–H groups in total. The summed E-state index contributed by atoms with van der Waals surface area (Å²) in [5.74, 6) is 0.932. The minimum atomic E-state index is -1.11. The van der Waals surface area contributed by atoms with E-state index in [0.29, 0.717) is 5.56 Å². The molecule has 0 bridgehead atoms. The number of nitrogens with one attached hydrogen (secondary N) is 1. The van der Waals surface area contributed by atoms with Crippen LogP contribution in [-0.2, 0) is 16.0 Å². The molecule has 0 aliphatic carbocycles. The Labute approximate surface area is 111 Å². The van der Waals surface area contributed by atoms with Gasteiger partial charge < -0.3 is 15.5 Å². The summed E-state index contributed by atoms with van der Waals surface area (Å²) >= 11 is 0. The van der Waals surface area contributed by atoms with Crippen LogP contribution in [0.3, 0.4) is 0 Å². The van der Waals surface area contributed by atoms with Crippen molar-refractivity contribution < 1.29 is 19.8 Å². The van der Waals surface area contributed by atoms with Crippen molar-refractivity contribution >= 4 is 11.9 Å². The summed E-state index contributed by atoms with van der Waals surface area (Å²) in [5.41, 5.74) is 0.711. The standard InChI is InChI=1S/C14H15NO4/c1-2-3-4-13(17)15-12(14(18)19)9-10-5-7-11(16)8-6-10/h1,5-8,12,16H,3-4,9H2,(H,15,17)(H,18,19)/t12-/m0/s1. The van der Waals surface area contributed by atoms with E-state index in [9.17, 15) is 9.59 Å². The van der Waals surface area contributed by atoms with Crippen LogP contribution in [0.2, 0.25) is 0 Å². The van der Waals surface area contributed by atoms with Gasteiger partial charge in [-0.15, -0.1) is 12.3 Å². The number of carbonyl (C=O) groups is 2. The predicted molar refractivity (Wildman–Crippen MR) is 69.4 cm³/mol. The van der Waals surface area contributed by atoms with Gasteiger partial charge in [-0.05, 0) is 17.7 Å².